The summed E-state index contributed by atoms with van der Waals surface area (Å²) in [6.07, 6.45) is 1.76. The minimum atomic E-state index is 0.606. The monoisotopic (exact) mass is 320 g/mol. The predicted molar refractivity (Wildman–Crippen MR) is 68.9 cm³/mol. The lowest BCUT2D eigenvalue weighted by molar-refractivity contribution is 0.323. The maximum absolute atomic E-state index is 5.29. The number of halogens is 1. The molecule has 0 spiro atoms. The second-order valence-electron chi connectivity index (χ2n) is 2.75. The Bertz CT molecular complexity index is 375. The topological polar surface area (TPSA) is 27.7 Å². The molecule has 0 saturated heterocycles. The summed E-state index contributed by atoms with van der Waals surface area (Å²) >= 11 is 2.19. The van der Waals surface area contributed by atoms with Crippen LogP contribution in [0.2, 0.25) is 0 Å². The van der Waals surface area contributed by atoms with E-state index in [2.05, 4.69) is 29.2 Å². The fourth-order valence-corrected chi connectivity index (χ4v) is 2.13. The van der Waals surface area contributed by atoms with Gasteiger partial charge in [-0.25, -0.2) is 0 Å². The molecule has 0 heterocycles. The normalized spacial score (nSPS) is 9.60. The quantitative estimate of drug-likeness (QED) is 0.799. The second kappa shape index (κ2) is 5.25. The Hall–Kier alpha value is -0.910. The van der Waals surface area contributed by atoms with Gasteiger partial charge in [-0.15, -0.1) is 0 Å². The van der Waals surface area contributed by atoms with Crippen LogP contribution in [0.1, 0.15) is 5.56 Å². The van der Waals surface area contributed by atoms with E-state index in [0.717, 1.165) is 9.13 Å². The first kappa shape index (κ1) is 12.2. The lowest BCUT2D eigenvalue weighted by Gasteiger charge is -2.15. The first-order valence-corrected chi connectivity index (χ1v) is 5.38. The molecule has 4 heteroatoms. The standard InChI is InChI=1S/C11H13IO3/c1-5-7-6-8(13-2)10(14-3)11(15-4)9(7)12/h5-6H,1H2,2-4H3. The Labute approximate surface area is 103 Å². The lowest BCUT2D eigenvalue weighted by atomic mass is 10.2. The Balaban J connectivity index is 3.49. The number of benzene rings is 1. The molecule has 0 amide bonds. The molecule has 0 aliphatic heterocycles. The van der Waals surface area contributed by atoms with Crippen molar-refractivity contribution in [1.29, 1.82) is 0 Å². The highest BCUT2D eigenvalue weighted by Gasteiger charge is 2.17. The largest absolute Gasteiger partial charge is 0.493 e. The summed E-state index contributed by atoms with van der Waals surface area (Å²) in [5.41, 5.74) is 0.963. The molecule has 82 valence electrons. The van der Waals surface area contributed by atoms with Crippen LogP contribution in [0.25, 0.3) is 6.08 Å². The first-order chi connectivity index (χ1) is 7.19. The van der Waals surface area contributed by atoms with Crippen molar-refractivity contribution in [2.45, 2.75) is 0 Å². The second-order valence-corrected chi connectivity index (χ2v) is 3.83. The van der Waals surface area contributed by atoms with Gasteiger partial charge < -0.3 is 14.2 Å². The molecule has 0 radical (unpaired) electrons. The molecular weight excluding hydrogens is 307 g/mol. The van der Waals surface area contributed by atoms with Crippen LogP contribution in [-0.2, 0) is 0 Å². The minimum absolute atomic E-state index is 0.606. The van der Waals surface area contributed by atoms with E-state index >= 15 is 0 Å². The van der Waals surface area contributed by atoms with Crippen LogP contribution in [0, 0.1) is 3.57 Å². The van der Waals surface area contributed by atoms with E-state index < -0.39 is 0 Å². The predicted octanol–water partition coefficient (Wildman–Crippen LogP) is 2.96. The summed E-state index contributed by atoms with van der Waals surface area (Å²) in [5.74, 6) is 1.92. The van der Waals surface area contributed by atoms with Gasteiger partial charge in [0.25, 0.3) is 0 Å². The zero-order valence-electron chi connectivity index (χ0n) is 8.96. The summed E-state index contributed by atoms with van der Waals surface area (Å²) in [7, 11) is 4.79. The van der Waals surface area contributed by atoms with Gasteiger partial charge >= 0.3 is 0 Å². The summed E-state index contributed by atoms with van der Waals surface area (Å²) in [5, 5.41) is 0. The highest BCUT2D eigenvalue weighted by Crippen LogP contribution is 2.42. The highest BCUT2D eigenvalue weighted by molar-refractivity contribution is 14.1. The zero-order chi connectivity index (χ0) is 11.4. The van der Waals surface area contributed by atoms with Crippen LogP contribution in [-0.4, -0.2) is 21.3 Å². The summed E-state index contributed by atoms with van der Waals surface area (Å²) in [6, 6.07) is 1.87. The van der Waals surface area contributed by atoms with E-state index in [1.54, 1.807) is 27.4 Å². The van der Waals surface area contributed by atoms with E-state index in [1.807, 2.05) is 6.07 Å². The molecule has 1 aromatic carbocycles. The lowest BCUT2D eigenvalue weighted by Crippen LogP contribution is -1.98. The van der Waals surface area contributed by atoms with Crippen LogP contribution in [0.4, 0.5) is 0 Å². The van der Waals surface area contributed by atoms with Crippen molar-refractivity contribution in [2.75, 3.05) is 21.3 Å². The molecule has 0 atom stereocenters. The number of hydrogen-bond acceptors (Lipinski definition) is 3. The third kappa shape index (κ3) is 2.19. The van der Waals surface area contributed by atoms with Gasteiger partial charge in [0.15, 0.2) is 11.5 Å². The molecule has 0 N–H and O–H groups in total. The molecule has 0 fully saturated rings. The van der Waals surface area contributed by atoms with Gasteiger partial charge in [-0.2, -0.15) is 0 Å². The summed E-state index contributed by atoms with van der Waals surface area (Å²) in [4.78, 5) is 0. The molecule has 1 aromatic rings. The van der Waals surface area contributed by atoms with Crippen molar-refractivity contribution in [1.82, 2.24) is 0 Å². The van der Waals surface area contributed by atoms with Gasteiger partial charge in [-0.3, -0.25) is 0 Å². The molecule has 0 aliphatic carbocycles. The third-order valence-corrected chi connectivity index (χ3v) is 3.13. The van der Waals surface area contributed by atoms with Crippen LogP contribution in [0.15, 0.2) is 12.6 Å². The average Bonchev–Trinajstić information content (AvgIpc) is 2.28. The van der Waals surface area contributed by atoms with E-state index in [-0.39, 0.29) is 0 Å². The number of ether oxygens (including phenoxy) is 3. The smallest absolute Gasteiger partial charge is 0.204 e. The van der Waals surface area contributed by atoms with Crippen molar-refractivity contribution >= 4 is 28.7 Å². The Morgan fingerprint density at radius 3 is 2.13 bits per heavy atom. The van der Waals surface area contributed by atoms with Crippen molar-refractivity contribution < 1.29 is 14.2 Å². The first-order valence-electron chi connectivity index (χ1n) is 4.30. The molecule has 3 nitrogen and oxygen atoms in total. The van der Waals surface area contributed by atoms with Crippen molar-refractivity contribution in [3.63, 3.8) is 0 Å². The zero-order valence-corrected chi connectivity index (χ0v) is 11.1. The average molecular weight is 320 g/mol. The van der Waals surface area contributed by atoms with Crippen LogP contribution >= 0.6 is 22.6 Å². The van der Waals surface area contributed by atoms with Crippen molar-refractivity contribution in [3.05, 3.63) is 21.8 Å². The number of rotatable bonds is 4. The molecule has 0 aliphatic rings. The number of methoxy groups -OCH3 is 3. The Kier molecular flexibility index (Phi) is 4.26. The SMILES string of the molecule is C=Cc1cc(OC)c(OC)c(OC)c1I. The van der Waals surface area contributed by atoms with Crippen LogP contribution in [0.3, 0.4) is 0 Å². The Morgan fingerprint density at radius 1 is 1.13 bits per heavy atom. The van der Waals surface area contributed by atoms with Crippen molar-refractivity contribution in [3.8, 4) is 17.2 Å². The van der Waals surface area contributed by atoms with E-state index in [9.17, 15) is 0 Å². The molecule has 15 heavy (non-hydrogen) atoms. The van der Waals surface area contributed by atoms with Gasteiger partial charge in [0, 0.05) is 0 Å². The van der Waals surface area contributed by atoms with E-state index in [1.165, 1.54) is 0 Å². The van der Waals surface area contributed by atoms with E-state index in [4.69, 9.17) is 14.2 Å². The van der Waals surface area contributed by atoms with Gasteiger partial charge in [-0.05, 0) is 34.2 Å². The van der Waals surface area contributed by atoms with Crippen molar-refractivity contribution in [2.24, 2.45) is 0 Å². The van der Waals surface area contributed by atoms with E-state index in [0.29, 0.717) is 17.2 Å². The molecule has 0 saturated carbocycles. The maximum atomic E-state index is 5.29. The minimum Gasteiger partial charge on any atom is -0.493 e. The highest BCUT2D eigenvalue weighted by atomic mass is 127. The summed E-state index contributed by atoms with van der Waals surface area (Å²) in [6.45, 7) is 3.74. The van der Waals surface area contributed by atoms with Gasteiger partial charge in [-0.1, -0.05) is 12.7 Å². The summed E-state index contributed by atoms with van der Waals surface area (Å²) < 4.78 is 16.7. The maximum Gasteiger partial charge on any atom is 0.204 e. The van der Waals surface area contributed by atoms with Gasteiger partial charge in [0.05, 0.1) is 24.9 Å². The molecular formula is C11H13IO3. The number of hydrogen-bond donors (Lipinski definition) is 0. The molecule has 0 unspecified atom stereocenters. The molecule has 1 rings (SSSR count). The fraction of sp³-hybridized carbons (Fsp3) is 0.273. The third-order valence-electron chi connectivity index (χ3n) is 2.02. The fourth-order valence-electron chi connectivity index (χ4n) is 1.29. The molecule has 0 bridgehead atoms. The molecule has 0 aromatic heterocycles. The van der Waals surface area contributed by atoms with Crippen LogP contribution < -0.4 is 14.2 Å². The Morgan fingerprint density at radius 2 is 1.73 bits per heavy atom. The van der Waals surface area contributed by atoms with Gasteiger partial charge in [0.1, 0.15) is 0 Å². The van der Waals surface area contributed by atoms with Crippen LogP contribution in [0.5, 0.6) is 17.2 Å². The van der Waals surface area contributed by atoms with Gasteiger partial charge in [0.2, 0.25) is 5.75 Å².